The van der Waals surface area contributed by atoms with Crippen molar-refractivity contribution in [2.24, 2.45) is 11.8 Å². The zero-order valence-corrected chi connectivity index (χ0v) is 11.7. The Kier molecular flexibility index (Phi) is 5.23. The van der Waals surface area contributed by atoms with Crippen LogP contribution in [0.3, 0.4) is 0 Å². The maximum Gasteiger partial charge on any atom is 0.224 e. The molecule has 3 nitrogen and oxygen atoms in total. The highest BCUT2D eigenvalue weighted by Crippen LogP contribution is 2.30. The van der Waals surface area contributed by atoms with Gasteiger partial charge in [0, 0.05) is 23.7 Å². The van der Waals surface area contributed by atoms with E-state index in [4.69, 9.17) is 16.7 Å². The summed E-state index contributed by atoms with van der Waals surface area (Å²) in [5, 5.41) is 12.6. The lowest BCUT2D eigenvalue weighted by Gasteiger charge is -2.26. The summed E-state index contributed by atoms with van der Waals surface area (Å²) in [5.41, 5.74) is 0.790. The van der Waals surface area contributed by atoms with Crippen LogP contribution >= 0.6 is 11.6 Å². The van der Waals surface area contributed by atoms with Crippen molar-refractivity contribution in [3.05, 3.63) is 29.3 Å². The fraction of sp³-hybridized carbons (Fsp3) is 0.533. The SMILES string of the molecule is O=C(CC1CCC(CO)CC1)Nc1ccc(Cl)cc1. The highest BCUT2D eigenvalue weighted by molar-refractivity contribution is 6.30. The van der Waals surface area contributed by atoms with Gasteiger partial charge in [0.2, 0.25) is 5.91 Å². The summed E-state index contributed by atoms with van der Waals surface area (Å²) < 4.78 is 0. The zero-order chi connectivity index (χ0) is 13.7. The molecule has 0 bridgehead atoms. The van der Waals surface area contributed by atoms with Crippen molar-refractivity contribution >= 4 is 23.2 Å². The average molecular weight is 282 g/mol. The molecule has 0 heterocycles. The van der Waals surface area contributed by atoms with Crippen molar-refractivity contribution in [3.8, 4) is 0 Å². The van der Waals surface area contributed by atoms with E-state index in [1.54, 1.807) is 12.1 Å². The first-order valence-corrected chi connectivity index (χ1v) is 7.21. The number of aliphatic hydroxyl groups is 1. The van der Waals surface area contributed by atoms with E-state index in [1.807, 2.05) is 12.1 Å². The largest absolute Gasteiger partial charge is 0.396 e. The van der Waals surface area contributed by atoms with Crippen molar-refractivity contribution in [2.45, 2.75) is 32.1 Å². The number of amides is 1. The van der Waals surface area contributed by atoms with E-state index in [1.165, 1.54) is 0 Å². The van der Waals surface area contributed by atoms with E-state index >= 15 is 0 Å². The van der Waals surface area contributed by atoms with Crippen molar-refractivity contribution in [3.63, 3.8) is 0 Å². The molecule has 1 aromatic carbocycles. The standard InChI is InChI=1S/C15H20ClNO2/c16-13-5-7-14(8-6-13)17-15(19)9-11-1-3-12(10-18)4-2-11/h5-8,11-12,18H,1-4,9-10H2,(H,17,19). The number of nitrogens with one attached hydrogen (secondary N) is 1. The lowest BCUT2D eigenvalue weighted by atomic mass is 9.81. The molecule has 1 amide bonds. The summed E-state index contributed by atoms with van der Waals surface area (Å²) in [6.07, 6.45) is 4.73. The van der Waals surface area contributed by atoms with Gasteiger partial charge >= 0.3 is 0 Å². The first-order chi connectivity index (χ1) is 9.17. The molecule has 0 radical (unpaired) electrons. The van der Waals surface area contributed by atoms with E-state index < -0.39 is 0 Å². The lowest BCUT2D eigenvalue weighted by molar-refractivity contribution is -0.117. The lowest BCUT2D eigenvalue weighted by Crippen LogP contribution is -2.22. The fourth-order valence-corrected chi connectivity index (χ4v) is 2.75. The van der Waals surface area contributed by atoms with E-state index in [0.29, 0.717) is 23.3 Å². The number of hydrogen-bond acceptors (Lipinski definition) is 2. The fourth-order valence-electron chi connectivity index (χ4n) is 2.63. The molecule has 2 N–H and O–H groups in total. The maximum atomic E-state index is 11.9. The van der Waals surface area contributed by atoms with Gasteiger partial charge in [-0.25, -0.2) is 0 Å². The summed E-state index contributed by atoms with van der Waals surface area (Å²) in [5.74, 6) is 0.959. The van der Waals surface area contributed by atoms with Crippen LogP contribution in [0.4, 0.5) is 5.69 Å². The Morgan fingerprint density at radius 3 is 2.32 bits per heavy atom. The maximum absolute atomic E-state index is 11.9. The van der Waals surface area contributed by atoms with Crippen LogP contribution in [0.1, 0.15) is 32.1 Å². The van der Waals surface area contributed by atoms with Crippen molar-refractivity contribution in [2.75, 3.05) is 11.9 Å². The molecule has 1 fully saturated rings. The Morgan fingerprint density at radius 1 is 1.16 bits per heavy atom. The molecule has 1 aromatic rings. The molecule has 0 aromatic heterocycles. The Hall–Kier alpha value is -1.06. The quantitative estimate of drug-likeness (QED) is 0.888. The second kappa shape index (κ2) is 6.92. The van der Waals surface area contributed by atoms with Crippen LogP contribution in [-0.2, 0) is 4.79 Å². The third-order valence-corrected chi connectivity index (χ3v) is 4.08. The first-order valence-electron chi connectivity index (χ1n) is 6.83. The molecule has 1 aliphatic carbocycles. The first kappa shape index (κ1) is 14.4. The third kappa shape index (κ3) is 4.51. The molecule has 2 rings (SSSR count). The number of aliphatic hydroxyl groups excluding tert-OH is 1. The van der Waals surface area contributed by atoms with Gasteiger partial charge in [-0.15, -0.1) is 0 Å². The molecule has 0 spiro atoms. The van der Waals surface area contributed by atoms with Crippen LogP contribution in [-0.4, -0.2) is 17.6 Å². The molecular weight excluding hydrogens is 262 g/mol. The van der Waals surface area contributed by atoms with Gasteiger partial charge < -0.3 is 10.4 Å². The number of halogens is 1. The molecule has 4 heteroatoms. The molecular formula is C15H20ClNO2. The third-order valence-electron chi connectivity index (χ3n) is 3.83. The number of carbonyl (C=O) groups excluding carboxylic acids is 1. The van der Waals surface area contributed by atoms with E-state index in [0.717, 1.165) is 31.4 Å². The minimum atomic E-state index is 0.0646. The van der Waals surface area contributed by atoms with Crippen LogP contribution in [0.5, 0.6) is 0 Å². The van der Waals surface area contributed by atoms with Gasteiger partial charge in [0.15, 0.2) is 0 Å². The van der Waals surface area contributed by atoms with Gasteiger partial charge in [-0.3, -0.25) is 4.79 Å². The van der Waals surface area contributed by atoms with Crippen molar-refractivity contribution in [1.29, 1.82) is 0 Å². The van der Waals surface area contributed by atoms with Gasteiger partial charge in [0.05, 0.1) is 0 Å². The molecule has 0 aliphatic heterocycles. The van der Waals surface area contributed by atoms with E-state index in [9.17, 15) is 4.79 Å². The highest BCUT2D eigenvalue weighted by Gasteiger charge is 2.22. The van der Waals surface area contributed by atoms with Gasteiger partial charge in [-0.2, -0.15) is 0 Å². The summed E-state index contributed by atoms with van der Waals surface area (Å²) in [6, 6.07) is 7.15. The van der Waals surface area contributed by atoms with Gasteiger partial charge in [-0.1, -0.05) is 11.6 Å². The van der Waals surface area contributed by atoms with Crippen LogP contribution in [0.2, 0.25) is 5.02 Å². The molecule has 1 aliphatic rings. The summed E-state index contributed by atoms with van der Waals surface area (Å²) in [4.78, 5) is 11.9. The smallest absolute Gasteiger partial charge is 0.224 e. The van der Waals surface area contributed by atoms with Crippen LogP contribution in [0.25, 0.3) is 0 Å². The predicted octanol–water partition coefficient (Wildman–Crippen LogP) is 3.47. The Morgan fingerprint density at radius 2 is 1.74 bits per heavy atom. The number of hydrogen-bond donors (Lipinski definition) is 2. The zero-order valence-electron chi connectivity index (χ0n) is 10.9. The molecule has 19 heavy (non-hydrogen) atoms. The highest BCUT2D eigenvalue weighted by atomic mass is 35.5. The van der Waals surface area contributed by atoms with Crippen molar-refractivity contribution < 1.29 is 9.90 Å². The molecule has 0 saturated heterocycles. The molecule has 1 saturated carbocycles. The van der Waals surface area contributed by atoms with Crippen molar-refractivity contribution in [1.82, 2.24) is 0 Å². The summed E-state index contributed by atoms with van der Waals surface area (Å²) in [6.45, 7) is 0.281. The topological polar surface area (TPSA) is 49.3 Å². The predicted molar refractivity (Wildman–Crippen MR) is 77.2 cm³/mol. The summed E-state index contributed by atoms with van der Waals surface area (Å²) in [7, 11) is 0. The number of anilines is 1. The summed E-state index contributed by atoms with van der Waals surface area (Å²) >= 11 is 5.80. The van der Waals surface area contributed by atoms with Crippen LogP contribution in [0, 0.1) is 11.8 Å². The molecule has 0 atom stereocenters. The average Bonchev–Trinajstić information content (AvgIpc) is 2.42. The second-order valence-corrected chi connectivity index (χ2v) is 5.76. The Bertz CT molecular complexity index is 411. The molecule has 0 unspecified atom stereocenters. The van der Waals surface area contributed by atoms with Gasteiger partial charge in [0.1, 0.15) is 0 Å². The Labute approximate surface area is 119 Å². The second-order valence-electron chi connectivity index (χ2n) is 5.33. The number of benzene rings is 1. The Balaban J connectivity index is 1.77. The van der Waals surface area contributed by atoms with E-state index in [-0.39, 0.29) is 12.5 Å². The van der Waals surface area contributed by atoms with Gasteiger partial charge in [-0.05, 0) is 61.8 Å². The number of rotatable bonds is 4. The minimum absolute atomic E-state index is 0.0646. The van der Waals surface area contributed by atoms with Crippen LogP contribution < -0.4 is 5.32 Å². The number of carbonyl (C=O) groups is 1. The monoisotopic (exact) mass is 281 g/mol. The van der Waals surface area contributed by atoms with Crippen LogP contribution in [0.15, 0.2) is 24.3 Å². The minimum Gasteiger partial charge on any atom is -0.396 e. The van der Waals surface area contributed by atoms with Gasteiger partial charge in [0.25, 0.3) is 0 Å². The molecule has 104 valence electrons. The van der Waals surface area contributed by atoms with E-state index in [2.05, 4.69) is 5.32 Å². The normalized spacial score (nSPS) is 23.1.